The highest BCUT2D eigenvalue weighted by molar-refractivity contribution is 5.88. The summed E-state index contributed by atoms with van der Waals surface area (Å²) in [6, 6.07) is 0. The molecule has 3 heteroatoms. The van der Waals surface area contributed by atoms with Crippen LogP contribution in [0.3, 0.4) is 0 Å². The average molecular weight is 196 g/mol. The molecule has 0 spiro atoms. The summed E-state index contributed by atoms with van der Waals surface area (Å²) in [7, 11) is 1.34. The molecule has 0 aromatic rings. The number of esters is 1. The molecule has 1 aliphatic rings. The van der Waals surface area contributed by atoms with Gasteiger partial charge in [0.15, 0.2) is 0 Å². The number of hydrogen-bond donors (Lipinski definition) is 0. The van der Waals surface area contributed by atoms with Gasteiger partial charge in [-0.3, -0.25) is 0 Å². The Bertz CT molecular complexity index is 243. The molecule has 0 atom stereocenters. The highest BCUT2D eigenvalue weighted by Crippen LogP contribution is 2.32. The van der Waals surface area contributed by atoms with E-state index in [1.807, 2.05) is 6.92 Å². The minimum absolute atomic E-state index is 0.421. The van der Waals surface area contributed by atoms with Crippen molar-refractivity contribution >= 4 is 5.97 Å². The Labute approximate surface area is 84.8 Å². The van der Waals surface area contributed by atoms with E-state index in [0.29, 0.717) is 12.0 Å². The first-order chi connectivity index (χ1) is 6.76. The van der Waals surface area contributed by atoms with E-state index in [1.54, 1.807) is 0 Å². The monoisotopic (exact) mass is 196 g/mol. The van der Waals surface area contributed by atoms with Crippen molar-refractivity contribution in [3.8, 4) is 11.8 Å². The van der Waals surface area contributed by atoms with Crippen LogP contribution in [0.4, 0.5) is 0 Å². The second kappa shape index (κ2) is 5.66. The van der Waals surface area contributed by atoms with Crippen LogP contribution < -0.4 is 0 Å². The molecule has 1 saturated carbocycles. The molecule has 0 unspecified atom stereocenters. The standard InChI is InChI=1S/C11H16O3/c1-3-14-10-7-9(8-10)5-4-6-11(12)13-2/h9-10H,3,5,7-8H2,1-2H3. The van der Waals surface area contributed by atoms with Gasteiger partial charge < -0.3 is 9.47 Å². The van der Waals surface area contributed by atoms with Crippen LogP contribution in [-0.4, -0.2) is 25.8 Å². The van der Waals surface area contributed by atoms with Crippen LogP contribution in [0.2, 0.25) is 0 Å². The molecule has 78 valence electrons. The van der Waals surface area contributed by atoms with Gasteiger partial charge in [0, 0.05) is 18.9 Å². The topological polar surface area (TPSA) is 35.5 Å². The summed E-state index contributed by atoms with van der Waals surface area (Å²) in [5.41, 5.74) is 0. The SMILES string of the molecule is CCOC1CC(CC#CC(=O)OC)C1. The maximum absolute atomic E-state index is 10.6. The summed E-state index contributed by atoms with van der Waals surface area (Å²) in [6.45, 7) is 2.79. The van der Waals surface area contributed by atoms with Crippen molar-refractivity contribution in [2.75, 3.05) is 13.7 Å². The molecule has 1 rings (SSSR count). The molecule has 3 nitrogen and oxygen atoms in total. The average Bonchev–Trinajstić information content (AvgIpc) is 2.13. The summed E-state index contributed by atoms with van der Waals surface area (Å²) in [5, 5.41) is 0. The minimum Gasteiger partial charge on any atom is -0.459 e. The number of carbonyl (C=O) groups is 1. The van der Waals surface area contributed by atoms with Gasteiger partial charge in [-0.25, -0.2) is 4.79 Å². The summed E-state index contributed by atoms with van der Waals surface area (Å²) in [4.78, 5) is 10.6. The fourth-order valence-electron chi connectivity index (χ4n) is 1.53. The third-order valence-electron chi connectivity index (χ3n) is 2.36. The van der Waals surface area contributed by atoms with Crippen molar-refractivity contribution in [3.05, 3.63) is 0 Å². The summed E-state index contributed by atoms with van der Waals surface area (Å²) in [6.07, 6.45) is 3.34. The van der Waals surface area contributed by atoms with Crippen molar-refractivity contribution in [2.45, 2.75) is 32.3 Å². The van der Waals surface area contributed by atoms with Gasteiger partial charge in [-0.15, -0.1) is 0 Å². The Morgan fingerprint density at radius 1 is 1.50 bits per heavy atom. The van der Waals surface area contributed by atoms with E-state index in [4.69, 9.17) is 4.74 Å². The Morgan fingerprint density at radius 3 is 2.79 bits per heavy atom. The van der Waals surface area contributed by atoms with Gasteiger partial charge in [-0.2, -0.15) is 0 Å². The van der Waals surface area contributed by atoms with Gasteiger partial charge in [-0.1, -0.05) is 5.92 Å². The zero-order valence-corrected chi connectivity index (χ0v) is 8.71. The third-order valence-corrected chi connectivity index (χ3v) is 2.36. The Kier molecular flexibility index (Phi) is 4.48. The van der Waals surface area contributed by atoms with Gasteiger partial charge in [0.2, 0.25) is 0 Å². The van der Waals surface area contributed by atoms with E-state index >= 15 is 0 Å². The van der Waals surface area contributed by atoms with E-state index in [0.717, 1.165) is 25.9 Å². The third kappa shape index (κ3) is 3.39. The molecule has 0 radical (unpaired) electrons. The summed E-state index contributed by atoms with van der Waals surface area (Å²) in [5.74, 6) is 5.39. The Morgan fingerprint density at radius 2 is 2.21 bits per heavy atom. The smallest absolute Gasteiger partial charge is 0.384 e. The van der Waals surface area contributed by atoms with Crippen molar-refractivity contribution < 1.29 is 14.3 Å². The fraction of sp³-hybridized carbons (Fsp3) is 0.727. The second-order valence-electron chi connectivity index (χ2n) is 3.41. The zero-order valence-electron chi connectivity index (χ0n) is 8.71. The molecule has 0 heterocycles. The first-order valence-corrected chi connectivity index (χ1v) is 4.94. The molecular formula is C11H16O3. The van der Waals surface area contributed by atoms with Gasteiger partial charge in [0.05, 0.1) is 13.2 Å². The van der Waals surface area contributed by atoms with Crippen LogP contribution in [-0.2, 0) is 14.3 Å². The molecule has 1 fully saturated rings. The van der Waals surface area contributed by atoms with Gasteiger partial charge in [0.1, 0.15) is 0 Å². The largest absolute Gasteiger partial charge is 0.459 e. The quantitative estimate of drug-likeness (QED) is 0.388. The van der Waals surface area contributed by atoms with E-state index in [2.05, 4.69) is 16.6 Å². The number of rotatable bonds is 3. The fourth-order valence-corrected chi connectivity index (χ4v) is 1.53. The van der Waals surface area contributed by atoms with Crippen LogP contribution in [0.15, 0.2) is 0 Å². The van der Waals surface area contributed by atoms with Crippen LogP contribution in [0.5, 0.6) is 0 Å². The molecule has 0 aliphatic heterocycles. The lowest BCUT2D eigenvalue weighted by atomic mass is 9.80. The number of hydrogen-bond acceptors (Lipinski definition) is 3. The maximum atomic E-state index is 10.6. The highest BCUT2D eigenvalue weighted by Gasteiger charge is 2.28. The van der Waals surface area contributed by atoms with Crippen molar-refractivity contribution in [3.63, 3.8) is 0 Å². The molecule has 0 aromatic heterocycles. The van der Waals surface area contributed by atoms with E-state index in [-0.39, 0.29) is 0 Å². The lowest BCUT2D eigenvalue weighted by molar-refractivity contribution is -0.133. The minimum atomic E-state index is -0.453. The Hall–Kier alpha value is -1.01. The molecule has 0 N–H and O–H groups in total. The maximum Gasteiger partial charge on any atom is 0.384 e. The molecule has 1 aliphatic carbocycles. The van der Waals surface area contributed by atoms with Gasteiger partial charge >= 0.3 is 5.97 Å². The van der Waals surface area contributed by atoms with E-state index in [9.17, 15) is 4.79 Å². The van der Waals surface area contributed by atoms with Crippen molar-refractivity contribution in [1.29, 1.82) is 0 Å². The summed E-state index contributed by atoms with van der Waals surface area (Å²) < 4.78 is 9.82. The zero-order chi connectivity index (χ0) is 10.4. The van der Waals surface area contributed by atoms with E-state index < -0.39 is 5.97 Å². The van der Waals surface area contributed by atoms with Crippen LogP contribution in [0, 0.1) is 17.8 Å². The molecule has 0 bridgehead atoms. The van der Waals surface area contributed by atoms with Gasteiger partial charge in [0.25, 0.3) is 0 Å². The molecular weight excluding hydrogens is 180 g/mol. The van der Waals surface area contributed by atoms with Gasteiger partial charge in [-0.05, 0) is 25.7 Å². The van der Waals surface area contributed by atoms with Crippen LogP contribution in [0.25, 0.3) is 0 Å². The molecule has 0 saturated heterocycles. The lowest BCUT2D eigenvalue weighted by Crippen LogP contribution is -2.30. The van der Waals surface area contributed by atoms with Crippen LogP contribution in [0.1, 0.15) is 26.2 Å². The predicted molar refractivity (Wildman–Crippen MR) is 52.5 cm³/mol. The molecule has 14 heavy (non-hydrogen) atoms. The number of carbonyl (C=O) groups excluding carboxylic acids is 1. The first kappa shape index (κ1) is 11.1. The molecule has 0 amide bonds. The summed E-state index contributed by atoms with van der Waals surface area (Å²) >= 11 is 0. The first-order valence-electron chi connectivity index (χ1n) is 4.94. The normalized spacial score (nSPS) is 24.4. The highest BCUT2D eigenvalue weighted by atomic mass is 16.5. The second-order valence-corrected chi connectivity index (χ2v) is 3.41. The predicted octanol–water partition coefficient (Wildman–Crippen LogP) is 1.37. The van der Waals surface area contributed by atoms with Crippen molar-refractivity contribution in [2.24, 2.45) is 5.92 Å². The Balaban J connectivity index is 2.10. The van der Waals surface area contributed by atoms with Crippen LogP contribution >= 0.6 is 0 Å². The lowest BCUT2D eigenvalue weighted by Gasteiger charge is -2.33. The van der Waals surface area contributed by atoms with E-state index in [1.165, 1.54) is 7.11 Å². The number of methoxy groups -OCH3 is 1. The van der Waals surface area contributed by atoms with Crippen molar-refractivity contribution in [1.82, 2.24) is 0 Å². The number of ether oxygens (including phenoxy) is 2. The molecule has 0 aromatic carbocycles.